The van der Waals surface area contributed by atoms with Gasteiger partial charge in [-0.2, -0.15) is 0 Å². The first-order chi connectivity index (χ1) is 12.0. The summed E-state index contributed by atoms with van der Waals surface area (Å²) in [6.07, 6.45) is 0. The Morgan fingerprint density at radius 1 is 1.04 bits per heavy atom. The third-order valence-corrected chi connectivity index (χ3v) is 3.94. The van der Waals surface area contributed by atoms with Gasteiger partial charge in [0.25, 0.3) is 5.91 Å². The first kappa shape index (κ1) is 16.4. The van der Waals surface area contributed by atoms with Crippen LogP contribution in [0.2, 0.25) is 0 Å². The lowest BCUT2D eigenvalue weighted by Gasteiger charge is -2.12. The first-order valence-corrected chi connectivity index (χ1v) is 7.52. The molecule has 1 aliphatic heterocycles. The summed E-state index contributed by atoms with van der Waals surface area (Å²) in [6.45, 7) is 1.25. The summed E-state index contributed by atoms with van der Waals surface area (Å²) < 4.78 is 4.67. The highest BCUT2D eigenvalue weighted by Crippen LogP contribution is 2.40. The molecule has 2 amide bonds. The van der Waals surface area contributed by atoms with Crippen molar-refractivity contribution in [3.63, 3.8) is 0 Å². The molecule has 2 aromatic carbocycles. The molecule has 0 spiro atoms. The van der Waals surface area contributed by atoms with Crippen molar-refractivity contribution in [1.82, 2.24) is 0 Å². The number of hydrogen-bond acceptors (Lipinski definition) is 5. The largest absolute Gasteiger partial charge is 0.506 e. The number of anilines is 1. The molecule has 25 heavy (non-hydrogen) atoms. The first-order valence-electron chi connectivity index (χ1n) is 7.52. The average molecular weight is 337 g/mol. The van der Waals surface area contributed by atoms with Gasteiger partial charge in [0.05, 0.1) is 23.9 Å². The predicted octanol–water partition coefficient (Wildman–Crippen LogP) is 2.79. The molecule has 0 saturated heterocycles. The fraction of sp³-hybridized carbons (Fsp3) is 0.105. The van der Waals surface area contributed by atoms with Gasteiger partial charge < -0.3 is 9.84 Å². The van der Waals surface area contributed by atoms with Crippen LogP contribution in [0, 0.1) is 0 Å². The molecule has 0 saturated carbocycles. The molecule has 1 N–H and O–H groups in total. The molecule has 0 bridgehead atoms. The van der Waals surface area contributed by atoms with Crippen LogP contribution in [0.25, 0.3) is 11.3 Å². The van der Waals surface area contributed by atoms with Crippen molar-refractivity contribution >= 4 is 34.8 Å². The van der Waals surface area contributed by atoms with E-state index in [1.807, 2.05) is 0 Å². The van der Waals surface area contributed by atoms with E-state index in [1.165, 1.54) is 32.2 Å². The number of rotatable bonds is 2. The van der Waals surface area contributed by atoms with Crippen LogP contribution in [-0.2, 0) is 14.3 Å². The van der Waals surface area contributed by atoms with E-state index in [0.29, 0.717) is 11.1 Å². The fourth-order valence-electron chi connectivity index (χ4n) is 2.79. The molecule has 0 unspecified atom stereocenters. The second-order valence-corrected chi connectivity index (χ2v) is 5.47. The zero-order valence-corrected chi connectivity index (χ0v) is 13.6. The van der Waals surface area contributed by atoms with Gasteiger partial charge >= 0.3 is 5.97 Å². The summed E-state index contributed by atoms with van der Waals surface area (Å²) in [4.78, 5) is 37.4. The number of amides is 2. The SMILES string of the molecule is COC(=O)c1ccc2c(c1)N(C(C)=O)C(=O)/C2=C(\O)c1ccccc1. The molecule has 0 aliphatic carbocycles. The van der Waals surface area contributed by atoms with Crippen LogP contribution < -0.4 is 4.90 Å². The minimum absolute atomic E-state index is 0.0211. The minimum atomic E-state index is -0.633. The van der Waals surface area contributed by atoms with Crippen molar-refractivity contribution in [2.24, 2.45) is 0 Å². The highest BCUT2D eigenvalue weighted by atomic mass is 16.5. The smallest absolute Gasteiger partial charge is 0.337 e. The average Bonchev–Trinajstić information content (AvgIpc) is 2.92. The Kier molecular flexibility index (Phi) is 4.10. The molecule has 0 aromatic heterocycles. The predicted molar refractivity (Wildman–Crippen MR) is 91.8 cm³/mol. The van der Waals surface area contributed by atoms with Gasteiger partial charge in [-0.05, 0) is 12.1 Å². The third kappa shape index (κ3) is 2.67. The zero-order valence-electron chi connectivity index (χ0n) is 13.6. The van der Waals surface area contributed by atoms with E-state index in [-0.39, 0.29) is 22.6 Å². The fourth-order valence-corrected chi connectivity index (χ4v) is 2.79. The van der Waals surface area contributed by atoms with Gasteiger partial charge in [0.2, 0.25) is 5.91 Å². The van der Waals surface area contributed by atoms with Crippen molar-refractivity contribution in [2.75, 3.05) is 12.0 Å². The summed E-state index contributed by atoms with van der Waals surface area (Å²) in [6, 6.07) is 13.0. The summed E-state index contributed by atoms with van der Waals surface area (Å²) in [5.41, 5.74) is 1.32. The standard InChI is InChI=1S/C19H15NO5/c1-11(21)20-15-10-13(19(24)25-2)8-9-14(15)16(18(20)23)17(22)12-6-4-3-5-7-12/h3-10,22H,1-2H3/b17-16-. The topological polar surface area (TPSA) is 83.9 Å². The molecular formula is C19H15NO5. The lowest BCUT2D eigenvalue weighted by atomic mass is 10.0. The van der Waals surface area contributed by atoms with Crippen LogP contribution in [0.3, 0.4) is 0 Å². The van der Waals surface area contributed by atoms with Gasteiger partial charge in [0.1, 0.15) is 5.76 Å². The van der Waals surface area contributed by atoms with Crippen LogP contribution in [0.15, 0.2) is 48.5 Å². The Hall–Kier alpha value is -3.41. The molecule has 0 radical (unpaired) electrons. The van der Waals surface area contributed by atoms with Crippen LogP contribution in [0.5, 0.6) is 0 Å². The molecular weight excluding hydrogens is 322 g/mol. The van der Waals surface area contributed by atoms with E-state index < -0.39 is 17.8 Å². The summed E-state index contributed by atoms with van der Waals surface area (Å²) >= 11 is 0. The molecule has 6 nitrogen and oxygen atoms in total. The number of methoxy groups -OCH3 is 1. The summed E-state index contributed by atoms with van der Waals surface area (Å²) in [5, 5.41) is 10.6. The Morgan fingerprint density at radius 3 is 2.32 bits per heavy atom. The van der Waals surface area contributed by atoms with Crippen LogP contribution in [0.4, 0.5) is 5.69 Å². The number of nitrogens with zero attached hydrogens (tertiary/aromatic N) is 1. The van der Waals surface area contributed by atoms with E-state index in [0.717, 1.165) is 4.90 Å². The monoisotopic (exact) mass is 337 g/mol. The van der Waals surface area contributed by atoms with Crippen molar-refractivity contribution in [3.05, 3.63) is 65.2 Å². The van der Waals surface area contributed by atoms with Gasteiger partial charge in [-0.15, -0.1) is 0 Å². The quantitative estimate of drug-likeness (QED) is 0.517. The van der Waals surface area contributed by atoms with Crippen LogP contribution >= 0.6 is 0 Å². The number of ether oxygens (including phenoxy) is 1. The summed E-state index contributed by atoms with van der Waals surface area (Å²) in [7, 11) is 1.25. The van der Waals surface area contributed by atoms with Crippen molar-refractivity contribution < 1.29 is 24.2 Å². The van der Waals surface area contributed by atoms with Gasteiger partial charge in [0, 0.05) is 18.1 Å². The number of carbonyl (C=O) groups excluding carboxylic acids is 3. The second-order valence-electron chi connectivity index (χ2n) is 5.47. The Bertz CT molecular complexity index is 915. The number of aliphatic hydroxyl groups excluding tert-OH is 1. The molecule has 6 heteroatoms. The Labute approximate surface area is 143 Å². The van der Waals surface area contributed by atoms with Crippen molar-refractivity contribution in [2.45, 2.75) is 6.92 Å². The van der Waals surface area contributed by atoms with Crippen LogP contribution in [-0.4, -0.2) is 30.0 Å². The normalized spacial score (nSPS) is 15.0. The van der Waals surface area contributed by atoms with E-state index >= 15 is 0 Å². The van der Waals surface area contributed by atoms with E-state index in [1.54, 1.807) is 30.3 Å². The maximum absolute atomic E-state index is 12.7. The number of carbonyl (C=O) groups is 3. The van der Waals surface area contributed by atoms with Gasteiger partial charge in [-0.3, -0.25) is 9.59 Å². The number of esters is 1. The Morgan fingerprint density at radius 2 is 1.72 bits per heavy atom. The molecule has 3 rings (SSSR count). The van der Waals surface area contributed by atoms with E-state index in [2.05, 4.69) is 4.74 Å². The molecule has 1 aliphatic rings. The van der Waals surface area contributed by atoms with Crippen molar-refractivity contribution in [3.8, 4) is 0 Å². The highest BCUT2D eigenvalue weighted by Gasteiger charge is 2.38. The van der Waals surface area contributed by atoms with Gasteiger partial charge in [0.15, 0.2) is 0 Å². The van der Waals surface area contributed by atoms with E-state index in [4.69, 9.17) is 0 Å². The lowest BCUT2D eigenvalue weighted by Crippen LogP contribution is -2.31. The van der Waals surface area contributed by atoms with Crippen molar-refractivity contribution in [1.29, 1.82) is 0 Å². The molecule has 0 atom stereocenters. The van der Waals surface area contributed by atoms with Crippen LogP contribution in [0.1, 0.15) is 28.4 Å². The highest BCUT2D eigenvalue weighted by molar-refractivity contribution is 6.42. The second kappa shape index (κ2) is 6.24. The van der Waals surface area contributed by atoms with Gasteiger partial charge in [-0.1, -0.05) is 36.4 Å². The third-order valence-electron chi connectivity index (χ3n) is 3.94. The maximum Gasteiger partial charge on any atom is 0.337 e. The number of aliphatic hydroxyl groups is 1. The molecule has 126 valence electrons. The summed E-state index contributed by atoms with van der Waals surface area (Å²) in [5.74, 6) is -1.94. The minimum Gasteiger partial charge on any atom is -0.506 e. The molecule has 1 heterocycles. The molecule has 0 fully saturated rings. The van der Waals surface area contributed by atoms with E-state index in [9.17, 15) is 19.5 Å². The number of hydrogen-bond donors (Lipinski definition) is 1. The zero-order chi connectivity index (χ0) is 18.1. The maximum atomic E-state index is 12.7. The Balaban J connectivity index is 2.24. The van der Waals surface area contributed by atoms with Gasteiger partial charge in [-0.25, -0.2) is 9.69 Å². The molecule has 2 aromatic rings. The number of benzene rings is 2. The number of fused-ring (bicyclic) bond motifs is 1. The number of imide groups is 1. The lowest BCUT2D eigenvalue weighted by molar-refractivity contribution is -0.122.